The summed E-state index contributed by atoms with van der Waals surface area (Å²) in [6.45, 7) is 3.11. The van der Waals surface area contributed by atoms with Gasteiger partial charge in [0.25, 0.3) is 5.91 Å². The van der Waals surface area contributed by atoms with Crippen molar-refractivity contribution in [3.8, 4) is 0 Å². The van der Waals surface area contributed by atoms with Gasteiger partial charge in [0, 0.05) is 41.6 Å². The fraction of sp³-hybridized carbons (Fsp3) is 0.448. The van der Waals surface area contributed by atoms with Crippen molar-refractivity contribution < 1.29 is 14.4 Å². The molecular weight excluding hydrogens is 484 g/mol. The lowest BCUT2D eigenvalue weighted by molar-refractivity contribution is -0.152. The number of aromatic nitrogens is 1. The highest BCUT2D eigenvalue weighted by Gasteiger charge is 2.50. The summed E-state index contributed by atoms with van der Waals surface area (Å²) in [6.07, 6.45) is 6.63. The summed E-state index contributed by atoms with van der Waals surface area (Å²) in [4.78, 5) is 49.7. The van der Waals surface area contributed by atoms with E-state index in [2.05, 4.69) is 10.3 Å². The van der Waals surface area contributed by atoms with Crippen LogP contribution in [0.2, 0.25) is 0 Å². The Morgan fingerprint density at radius 3 is 2.65 bits per heavy atom. The predicted octanol–water partition coefficient (Wildman–Crippen LogP) is 4.34. The van der Waals surface area contributed by atoms with Gasteiger partial charge in [0.05, 0.1) is 4.88 Å². The second-order valence-corrected chi connectivity index (χ2v) is 11.9. The van der Waals surface area contributed by atoms with Crippen molar-refractivity contribution in [1.82, 2.24) is 20.1 Å². The topological polar surface area (TPSA) is 82.6 Å². The first kappa shape index (κ1) is 24.1. The van der Waals surface area contributed by atoms with Crippen molar-refractivity contribution in [2.75, 3.05) is 13.1 Å². The number of nitrogens with one attached hydrogen (secondary N) is 1. The summed E-state index contributed by atoms with van der Waals surface area (Å²) in [6, 6.07) is 15.3. The number of carbonyl (C=O) groups excluding carboxylic acids is 3. The molecule has 3 fully saturated rings. The van der Waals surface area contributed by atoms with Crippen LogP contribution in [0.3, 0.4) is 0 Å². The monoisotopic (exact) mass is 516 g/mol. The first-order valence-corrected chi connectivity index (χ1v) is 14.1. The van der Waals surface area contributed by atoms with Gasteiger partial charge in [0.2, 0.25) is 11.8 Å². The Kier molecular flexibility index (Phi) is 6.23. The summed E-state index contributed by atoms with van der Waals surface area (Å²) < 4.78 is 1.05. The first-order valence-electron chi connectivity index (χ1n) is 13.3. The molecule has 6 rings (SSSR count). The second-order valence-electron chi connectivity index (χ2n) is 10.8. The van der Waals surface area contributed by atoms with E-state index in [-0.39, 0.29) is 29.7 Å². The number of nitrogens with zero attached hydrogens (tertiary/aromatic N) is 3. The van der Waals surface area contributed by atoms with E-state index in [1.54, 1.807) is 6.20 Å². The minimum Gasteiger partial charge on any atom is -0.339 e. The van der Waals surface area contributed by atoms with E-state index in [1.807, 2.05) is 65.3 Å². The molecule has 37 heavy (non-hydrogen) atoms. The van der Waals surface area contributed by atoms with Gasteiger partial charge in [-0.1, -0.05) is 37.1 Å². The molecule has 192 valence electrons. The molecule has 3 aliphatic rings. The number of pyridine rings is 1. The molecule has 3 atom stereocenters. The Morgan fingerprint density at radius 1 is 1.05 bits per heavy atom. The molecule has 0 spiro atoms. The predicted molar refractivity (Wildman–Crippen MR) is 143 cm³/mol. The zero-order chi connectivity index (χ0) is 25.6. The number of rotatable bonds is 4. The molecule has 0 aliphatic carbocycles. The van der Waals surface area contributed by atoms with Gasteiger partial charge in [0.15, 0.2) is 0 Å². The quantitative estimate of drug-likeness (QED) is 0.559. The molecule has 8 heteroatoms. The van der Waals surface area contributed by atoms with Crippen molar-refractivity contribution in [1.29, 1.82) is 0 Å². The largest absolute Gasteiger partial charge is 0.339 e. The zero-order valence-electron chi connectivity index (χ0n) is 21.1. The summed E-state index contributed by atoms with van der Waals surface area (Å²) in [5.41, 5.74) is -0.0324. The molecule has 2 aromatic heterocycles. The molecule has 0 radical (unpaired) electrons. The summed E-state index contributed by atoms with van der Waals surface area (Å²) >= 11 is 1.44. The van der Waals surface area contributed by atoms with Gasteiger partial charge in [-0.05, 0) is 62.3 Å². The maximum atomic E-state index is 14.1. The van der Waals surface area contributed by atoms with Crippen LogP contribution in [0.4, 0.5) is 0 Å². The maximum absolute atomic E-state index is 14.1. The average molecular weight is 517 g/mol. The third-order valence-electron chi connectivity index (χ3n) is 8.30. The lowest BCUT2D eigenvalue weighted by atomic mass is 9.88. The van der Waals surface area contributed by atoms with E-state index in [0.29, 0.717) is 30.8 Å². The number of hydrogen-bond donors (Lipinski definition) is 1. The highest BCUT2D eigenvalue weighted by atomic mass is 32.1. The first-order chi connectivity index (χ1) is 17.9. The van der Waals surface area contributed by atoms with Crippen LogP contribution >= 0.6 is 11.3 Å². The molecule has 3 aromatic rings. The highest BCUT2D eigenvalue weighted by Crippen LogP contribution is 2.37. The zero-order valence-corrected chi connectivity index (χ0v) is 21.9. The van der Waals surface area contributed by atoms with E-state index in [0.717, 1.165) is 41.5 Å². The fourth-order valence-electron chi connectivity index (χ4n) is 6.16. The number of fused-ring (bicyclic) bond motifs is 2. The lowest BCUT2D eigenvalue weighted by Gasteiger charge is -2.44. The lowest BCUT2D eigenvalue weighted by Crippen LogP contribution is -2.63. The molecule has 7 nitrogen and oxygen atoms in total. The second kappa shape index (κ2) is 9.56. The number of hydrogen-bond acceptors (Lipinski definition) is 5. The third kappa shape index (κ3) is 4.41. The van der Waals surface area contributed by atoms with Crippen LogP contribution in [-0.4, -0.2) is 63.2 Å². The van der Waals surface area contributed by atoms with Crippen LogP contribution in [0.25, 0.3) is 10.1 Å². The molecule has 3 aliphatic heterocycles. The summed E-state index contributed by atoms with van der Waals surface area (Å²) in [7, 11) is 0. The smallest absolute Gasteiger partial charge is 0.262 e. The van der Waals surface area contributed by atoms with Crippen LogP contribution in [0.1, 0.15) is 66.7 Å². The van der Waals surface area contributed by atoms with Crippen molar-refractivity contribution in [2.45, 2.75) is 69.0 Å². The molecule has 0 unspecified atom stereocenters. The van der Waals surface area contributed by atoms with E-state index in [1.165, 1.54) is 11.3 Å². The Labute approximate surface area is 220 Å². The Bertz CT molecular complexity index is 1300. The van der Waals surface area contributed by atoms with Gasteiger partial charge in [-0.2, -0.15) is 0 Å². The maximum Gasteiger partial charge on any atom is 0.262 e. The van der Waals surface area contributed by atoms with E-state index in [9.17, 15) is 14.4 Å². The van der Waals surface area contributed by atoms with Gasteiger partial charge >= 0.3 is 0 Å². The van der Waals surface area contributed by atoms with Crippen LogP contribution in [0.5, 0.6) is 0 Å². The van der Waals surface area contributed by atoms with Crippen LogP contribution in [0, 0.1) is 0 Å². The summed E-state index contributed by atoms with van der Waals surface area (Å²) in [5.74, 6) is -0.0699. The summed E-state index contributed by atoms with van der Waals surface area (Å²) in [5, 5.41) is 4.12. The third-order valence-corrected chi connectivity index (χ3v) is 9.41. The van der Waals surface area contributed by atoms with E-state index in [4.69, 9.17) is 0 Å². The van der Waals surface area contributed by atoms with Crippen molar-refractivity contribution >= 4 is 39.1 Å². The minimum absolute atomic E-state index is 0.0294. The highest BCUT2D eigenvalue weighted by molar-refractivity contribution is 7.20. The average Bonchev–Trinajstić information content (AvgIpc) is 3.49. The number of benzene rings is 1. The number of thiophene rings is 1. The van der Waals surface area contributed by atoms with E-state index < -0.39 is 11.6 Å². The Hall–Kier alpha value is -3.26. The standard InChI is InChI=1S/C29H32N4O3S/c1-29(31-26(34)25-16-19-8-2-3-11-24(19)37-25)14-6-4-9-21-12-13-23(33(21)28(29)36)27(35)32-17-20(18-32)22-10-5-7-15-30-22/h2-3,5,7-8,10-11,15-16,20-21,23H,4,6,9,12-14,17-18H2,1H3,(H,31,34)/t21-,23-,29-/m0/s1. The SMILES string of the molecule is C[C@]1(NC(=O)c2cc3ccccc3s2)CCCC[C@H]2CC[C@@H](C(=O)N3CC(c4ccccn4)C3)N2C1=O. The van der Waals surface area contributed by atoms with Crippen molar-refractivity contribution in [2.24, 2.45) is 0 Å². The Balaban J connectivity index is 1.19. The van der Waals surface area contributed by atoms with Crippen LogP contribution < -0.4 is 5.32 Å². The van der Waals surface area contributed by atoms with Crippen molar-refractivity contribution in [3.05, 3.63) is 65.3 Å². The molecule has 3 amide bonds. The molecule has 3 saturated heterocycles. The van der Waals surface area contributed by atoms with Gasteiger partial charge in [-0.15, -0.1) is 11.3 Å². The van der Waals surface area contributed by atoms with Gasteiger partial charge in [0.1, 0.15) is 11.6 Å². The van der Waals surface area contributed by atoms with Gasteiger partial charge in [-0.25, -0.2) is 0 Å². The molecule has 1 N–H and O–H groups in total. The van der Waals surface area contributed by atoms with E-state index >= 15 is 0 Å². The normalized spacial score (nSPS) is 26.4. The van der Waals surface area contributed by atoms with Crippen LogP contribution in [0.15, 0.2) is 54.7 Å². The molecular formula is C29H32N4O3S. The van der Waals surface area contributed by atoms with Gasteiger partial charge < -0.3 is 15.1 Å². The Morgan fingerprint density at radius 2 is 1.86 bits per heavy atom. The molecule has 1 aromatic carbocycles. The minimum atomic E-state index is -1.04. The number of carbonyl (C=O) groups is 3. The van der Waals surface area contributed by atoms with Gasteiger partial charge in [-0.3, -0.25) is 19.4 Å². The number of likely N-dealkylation sites (tertiary alicyclic amines) is 1. The fourth-order valence-corrected chi connectivity index (χ4v) is 7.12. The van der Waals surface area contributed by atoms with Crippen molar-refractivity contribution in [3.63, 3.8) is 0 Å². The molecule has 0 saturated carbocycles. The molecule has 0 bridgehead atoms. The van der Waals surface area contributed by atoms with Crippen LogP contribution in [-0.2, 0) is 9.59 Å². The number of amides is 3. The molecule has 5 heterocycles.